The van der Waals surface area contributed by atoms with Gasteiger partial charge in [0.1, 0.15) is 22.6 Å². The van der Waals surface area contributed by atoms with Crippen LogP contribution in [0.5, 0.6) is 0 Å². The highest BCUT2D eigenvalue weighted by Crippen LogP contribution is 2.67. The van der Waals surface area contributed by atoms with E-state index in [-0.39, 0.29) is 6.10 Å². The topological polar surface area (TPSA) is 15.7 Å². The molecule has 0 spiro atoms. The van der Waals surface area contributed by atoms with Crippen LogP contribution in [0.15, 0.2) is 30.3 Å². The van der Waals surface area contributed by atoms with Gasteiger partial charge in [0.05, 0.1) is 0 Å². The fraction of sp³-hybridized carbons (Fsp3) is 0.625. The molecular weight excluding hydrogens is 355 g/mol. The maximum atomic E-state index is 6.72. The van der Waals surface area contributed by atoms with Crippen molar-refractivity contribution < 1.29 is 4.52 Å². The Kier molecular flexibility index (Phi) is 5.50. The minimum Gasteiger partial charge on any atom is -0.318 e. The van der Waals surface area contributed by atoms with Crippen molar-refractivity contribution in [1.29, 1.82) is 0 Å². The largest absolute Gasteiger partial charge is 0.318 e. The Morgan fingerprint density at radius 1 is 1.04 bits per heavy atom. The summed E-state index contributed by atoms with van der Waals surface area (Å²) in [5.74, 6) is 0. The zero-order valence-corrected chi connectivity index (χ0v) is 19.4. The monoisotopic (exact) mass is 386 g/mol. The molecule has 0 bridgehead atoms. The quantitative estimate of drug-likeness (QED) is 0.517. The summed E-state index contributed by atoms with van der Waals surface area (Å²) >= 11 is 6.27. The van der Waals surface area contributed by atoms with E-state index >= 15 is 0 Å². The Morgan fingerprint density at radius 3 is 1.96 bits per heavy atom. The van der Waals surface area contributed by atoms with E-state index in [9.17, 15) is 0 Å². The highest BCUT2D eigenvalue weighted by molar-refractivity contribution is 8.11. The van der Waals surface area contributed by atoms with Crippen molar-refractivity contribution in [2.24, 2.45) is 0 Å². The molecule has 1 saturated heterocycles. The van der Waals surface area contributed by atoms with Gasteiger partial charge in [-0.25, -0.2) is 4.67 Å². The molecule has 3 nitrogen and oxygen atoms in total. The smallest absolute Gasteiger partial charge is 0.191 e. The van der Waals surface area contributed by atoms with Crippen LogP contribution in [0.3, 0.4) is 0 Å². The summed E-state index contributed by atoms with van der Waals surface area (Å²) in [7, 11) is -1.01. The fourth-order valence-electron chi connectivity index (χ4n) is 3.67. The van der Waals surface area contributed by atoms with Crippen LogP contribution in [0.25, 0.3) is 0 Å². The molecule has 1 fully saturated rings. The van der Waals surface area contributed by atoms with Gasteiger partial charge in [-0.05, 0) is 31.3 Å². The standard InChI is InChI=1S/C16H31N2OPSSi2/c1-14-16(15-12-10-9-11-13-15)19-20(21,17(14)2)18(22(3,4)5)23(6,7)8/h9-14,16H,1-8H3/t14-,16-,20+/m0/s1. The molecule has 1 aromatic carbocycles. The maximum absolute atomic E-state index is 6.72. The lowest BCUT2D eigenvalue weighted by Gasteiger charge is -2.50. The molecule has 0 unspecified atom stereocenters. The number of rotatable bonds is 4. The van der Waals surface area contributed by atoms with Crippen molar-refractivity contribution in [1.82, 2.24) is 8.67 Å². The van der Waals surface area contributed by atoms with Crippen LogP contribution in [0, 0.1) is 0 Å². The summed E-state index contributed by atoms with van der Waals surface area (Å²) in [5, 5.41) is 0. The molecule has 1 heterocycles. The summed E-state index contributed by atoms with van der Waals surface area (Å²) in [6, 6.07) is 10.8. The van der Waals surface area contributed by atoms with Crippen molar-refractivity contribution in [3.05, 3.63) is 35.9 Å². The van der Waals surface area contributed by atoms with E-state index in [0.717, 1.165) is 0 Å². The first-order valence-electron chi connectivity index (χ1n) is 8.26. The molecule has 0 N–H and O–H groups in total. The van der Waals surface area contributed by atoms with Crippen molar-refractivity contribution in [2.45, 2.75) is 58.4 Å². The van der Waals surface area contributed by atoms with Gasteiger partial charge >= 0.3 is 0 Å². The minimum atomic E-state index is -2.17. The SMILES string of the molecule is C[C@H]1[C@@H](c2ccccc2)O[P@](=S)(N([Si](C)(C)C)[Si](C)(C)C)N1C. The van der Waals surface area contributed by atoms with Gasteiger partial charge in [-0.1, -0.05) is 69.6 Å². The zero-order valence-electron chi connectivity index (χ0n) is 15.7. The van der Waals surface area contributed by atoms with Gasteiger partial charge in [0.25, 0.3) is 0 Å². The van der Waals surface area contributed by atoms with Crippen molar-refractivity contribution in [2.75, 3.05) is 7.05 Å². The van der Waals surface area contributed by atoms with E-state index in [2.05, 4.69) is 92.3 Å². The van der Waals surface area contributed by atoms with E-state index in [1.807, 2.05) is 0 Å². The van der Waals surface area contributed by atoms with E-state index in [4.69, 9.17) is 16.3 Å². The van der Waals surface area contributed by atoms with Crippen LogP contribution in [0.2, 0.25) is 39.3 Å². The lowest BCUT2D eigenvalue weighted by Crippen LogP contribution is -2.58. The van der Waals surface area contributed by atoms with Crippen molar-refractivity contribution >= 4 is 34.8 Å². The first-order chi connectivity index (χ1) is 10.4. The molecule has 0 aliphatic carbocycles. The average Bonchev–Trinajstić information content (AvgIpc) is 2.61. The molecule has 0 amide bonds. The van der Waals surface area contributed by atoms with Crippen molar-refractivity contribution in [3.8, 4) is 0 Å². The highest BCUT2D eigenvalue weighted by atomic mass is 32.5. The normalized spacial score (nSPS) is 30.1. The molecule has 1 aromatic rings. The van der Waals surface area contributed by atoms with Crippen LogP contribution in [-0.2, 0) is 16.3 Å². The first kappa shape index (κ1) is 19.5. The molecule has 1 aliphatic heterocycles. The second-order valence-corrected chi connectivity index (χ2v) is 22.8. The second kappa shape index (κ2) is 6.48. The summed E-state index contributed by atoms with van der Waals surface area (Å²) in [6.45, 7) is 14.5. The molecule has 23 heavy (non-hydrogen) atoms. The van der Waals surface area contributed by atoms with Crippen molar-refractivity contribution in [3.63, 3.8) is 0 Å². The van der Waals surface area contributed by atoms with Gasteiger partial charge in [-0.2, -0.15) is 0 Å². The van der Waals surface area contributed by atoms with Gasteiger partial charge in [-0.15, -0.1) is 0 Å². The molecule has 3 atom stereocenters. The average molecular weight is 387 g/mol. The summed E-state index contributed by atoms with van der Waals surface area (Å²) < 4.78 is 11.8. The fourth-order valence-corrected chi connectivity index (χ4v) is 25.7. The summed E-state index contributed by atoms with van der Waals surface area (Å²) in [5.41, 5.74) is 1.24. The predicted octanol–water partition coefficient (Wildman–Crippen LogP) is 5.27. The van der Waals surface area contributed by atoms with E-state index in [1.165, 1.54) is 5.56 Å². The van der Waals surface area contributed by atoms with Gasteiger partial charge < -0.3 is 4.52 Å². The zero-order chi connectivity index (χ0) is 17.6. The van der Waals surface area contributed by atoms with Gasteiger partial charge in [0.15, 0.2) is 6.57 Å². The first-order valence-corrected chi connectivity index (χ1v) is 17.8. The van der Waals surface area contributed by atoms with Gasteiger partial charge in [-0.3, -0.25) is 4.00 Å². The Hall–Kier alpha value is 0.184. The van der Waals surface area contributed by atoms with Gasteiger partial charge in [0.2, 0.25) is 0 Å². The third-order valence-electron chi connectivity index (χ3n) is 4.33. The Morgan fingerprint density at radius 2 is 1.52 bits per heavy atom. The van der Waals surface area contributed by atoms with E-state index < -0.39 is 23.0 Å². The van der Waals surface area contributed by atoms with Crippen LogP contribution >= 0.6 is 6.57 Å². The number of benzene rings is 1. The van der Waals surface area contributed by atoms with Gasteiger partial charge in [0, 0.05) is 6.04 Å². The Balaban J connectivity index is 2.47. The third-order valence-corrected chi connectivity index (χ3v) is 20.7. The Bertz CT molecular complexity index is 586. The number of hydrogen-bond donors (Lipinski definition) is 0. The summed E-state index contributed by atoms with van der Waals surface area (Å²) in [4.78, 5) is 0. The van der Waals surface area contributed by atoms with E-state index in [1.54, 1.807) is 0 Å². The number of nitrogens with zero attached hydrogens (tertiary/aromatic N) is 2. The third kappa shape index (κ3) is 3.74. The summed E-state index contributed by atoms with van der Waals surface area (Å²) in [6.07, 6.45) is 0.0715. The second-order valence-electron chi connectivity index (χ2n) is 8.39. The molecule has 0 radical (unpaired) electrons. The molecule has 2 rings (SSSR count). The lowest BCUT2D eigenvalue weighted by molar-refractivity contribution is 0.215. The number of likely N-dealkylation sites (N-methyl/N-ethyl adjacent to an activating group) is 1. The lowest BCUT2D eigenvalue weighted by atomic mass is 10.0. The molecule has 1 aliphatic rings. The van der Waals surface area contributed by atoms with E-state index in [0.29, 0.717) is 6.04 Å². The van der Waals surface area contributed by atoms with Crippen LogP contribution in [0.1, 0.15) is 18.6 Å². The molecule has 0 saturated carbocycles. The molecule has 0 aromatic heterocycles. The number of hydrogen-bond acceptors (Lipinski definition) is 2. The molecular formula is C16H31N2OPSSi2. The molecule has 7 heteroatoms. The maximum Gasteiger partial charge on any atom is 0.191 e. The van der Waals surface area contributed by atoms with Crippen LogP contribution in [-0.4, -0.2) is 38.2 Å². The molecule has 130 valence electrons. The van der Waals surface area contributed by atoms with Crippen LogP contribution < -0.4 is 0 Å². The highest BCUT2D eigenvalue weighted by Gasteiger charge is 2.53. The predicted molar refractivity (Wildman–Crippen MR) is 110 cm³/mol. The van der Waals surface area contributed by atoms with Crippen LogP contribution in [0.4, 0.5) is 0 Å². The Labute approximate surface area is 149 Å². The minimum absolute atomic E-state index is 0.0715.